The number of amides is 2. The summed E-state index contributed by atoms with van der Waals surface area (Å²) in [4.78, 5) is 42.8. The molecule has 0 unspecified atom stereocenters. The highest BCUT2D eigenvalue weighted by molar-refractivity contribution is 6.01. The number of fused-ring (bicyclic) bond motifs is 3. The lowest BCUT2D eigenvalue weighted by atomic mass is 10.2. The summed E-state index contributed by atoms with van der Waals surface area (Å²) in [7, 11) is 0. The van der Waals surface area contributed by atoms with Gasteiger partial charge in [0.1, 0.15) is 17.6 Å². The number of benzene rings is 1. The van der Waals surface area contributed by atoms with E-state index in [9.17, 15) is 14.4 Å². The molecule has 1 N–H and O–H groups in total. The number of nitrogens with one attached hydrogen (secondary N) is 1. The van der Waals surface area contributed by atoms with Gasteiger partial charge in [-0.3, -0.25) is 19.0 Å². The van der Waals surface area contributed by atoms with Crippen LogP contribution in [0, 0.1) is 0 Å². The number of carbonyl (C=O) groups excluding carboxylic acids is 2. The second-order valence-corrected chi connectivity index (χ2v) is 6.58. The fourth-order valence-electron chi connectivity index (χ4n) is 2.89. The fraction of sp³-hybridized carbons (Fsp3) is 0.368. The van der Waals surface area contributed by atoms with Crippen molar-refractivity contribution < 1.29 is 14.0 Å². The maximum Gasteiger partial charge on any atom is 0.297 e. The molecule has 0 radical (unpaired) electrons. The average Bonchev–Trinajstić information content (AvgIpc) is 3.01. The Balaban J connectivity index is 1.84. The second-order valence-electron chi connectivity index (χ2n) is 6.58. The minimum Gasteiger partial charge on any atom is -0.448 e. The zero-order chi connectivity index (χ0) is 19.6. The Morgan fingerprint density at radius 3 is 2.74 bits per heavy atom. The van der Waals surface area contributed by atoms with Crippen LogP contribution in [-0.2, 0) is 16.1 Å². The molecular formula is C19H22N4O4. The zero-order valence-electron chi connectivity index (χ0n) is 15.6. The van der Waals surface area contributed by atoms with Gasteiger partial charge >= 0.3 is 0 Å². The van der Waals surface area contributed by atoms with E-state index in [0.29, 0.717) is 17.6 Å². The van der Waals surface area contributed by atoms with E-state index >= 15 is 0 Å². The van der Waals surface area contributed by atoms with Crippen molar-refractivity contribution in [2.45, 2.75) is 33.4 Å². The largest absolute Gasteiger partial charge is 0.448 e. The number of furan rings is 1. The average molecular weight is 370 g/mol. The van der Waals surface area contributed by atoms with Gasteiger partial charge in [-0.05, 0) is 32.9 Å². The first-order valence-corrected chi connectivity index (χ1v) is 8.84. The van der Waals surface area contributed by atoms with E-state index in [4.69, 9.17) is 4.42 Å². The fourth-order valence-corrected chi connectivity index (χ4v) is 2.89. The van der Waals surface area contributed by atoms with E-state index in [2.05, 4.69) is 10.3 Å². The van der Waals surface area contributed by atoms with Gasteiger partial charge in [-0.1, -0.05) is 12.1 Å². The summed E-state index contributed by atoms with van der Waals surface area (Å²) in [6.07, 6.45) is 1.34. The highest BCUT2D eigenvalue weighted by atomic mass is 16.3. The molecule has 8 heteroatoms. The van der Waals surface area contributed by atoms with Crippen LogP contribution >= 0.6 is 0 Å². The van der Waals surface area contributed by atoms with E-state index in [1.54, 1.807) is 13.0 Å². The van der Waals surface area contributed by atoms with Gasteiger partial charge in [0.05, 0.1) is 12.9 Å². The molecule has 0 spiro atoms. The van der Waals surface area contributed by atoms with Crippen molar-refractivity contribution in [2.75, 3.05) is 13.1 Å². The van der Waals surface area contributed by atoms with Crippen LogP contribution < -0.4 is 10.9 Å². The van der Waals surface area contributed by atoms with Gasteiger partial charge in [-0.2, -0.15) is 0 Å². The Kier molecular flexibility index (Phi) is 5.25. The zero-order valence-corrected chi connectivity index (χ0v) is 15.6. The Labute approximate surface area is 155 Å². The van der Waals surface area contributed by atoms with Crippen LogP contribution in [0.25, 0.3) is 22.1 Å². The summed E-state index contributed by atoms with van der Waals surface area (Å²) in [5, 5.41) is 3.50. The van der Waals surface area contributed by atoms with Gasteiger partial charge in [0.15, 0.2) is 0 Å². The molecule has 2 heterocycles. The van der Waals surface area contributed by atoms with Crippen molar-refractivity contribution in [3.05, 3.63) is 40.9 Å². The van der Waals surface area contributed by atoms with Crippen LogP contribution in [0.4, 0.5) is 0 Å². The molecule has 1 aromatic carbocycles. The van der Waals surface area contributed by atoms with Crippen LogP contribution in [0.3, 0.4) is 0 Å². The van der Waals surface area contributed by atoms with E-state index < -0.39 is 5.56 Å². The quantitative estimate of drug-likeness (QED) is 0.709. The van der Waals surface area contributed by atoms with E-state index in [-0.39, 0.29) is 36.5 Å². The van der Waals surface area contributed by atoms with Gasteiger partial charge in [0.2, 0.25) is 17.4 Å². The molecule has 0 fully saturated rings. The number of likely N-dealkylation sites (N-methyl/N-ethyl adjacent to an activating group) is 1. The number of aromatic nitrogens is 2. The van der Waals surface area contributed by atoms with Gasteiger partial charge in [-0.25, -0.2) is 4.98 Å². The van der Waals surface area contributed by atoms with E-state index in [1.807, 2.05) is 32.0 Å². The summed E-state index contributed by atoms with van der Waals surface area (Å²) in [5.41, 5.74) is 0.740. The lowest BCUT2D eigenvalue weighted by molar-refractivity contribution is -0.136. The first-order valence-electron chi connectivity index (χ1n) is 8.84. The van der Waals surface area contributed by atoms with Gasteiger partial charge < -0.3 is 14.6 Å². The third kappa shape index (κ3) is 3.84. The highest BCUT2D eigenvalue weighted by Crippen LogP contribution is 2.23. The maximum atomic E-state index is 12.7. The molecule has 2 aromatic heterocycles. The Hall–Kier alpha value is -3.16. The lowest BCUT2D eigenvalue weighted by Gasteiger charge is -2.21. The van der Waals surface area contributed by atoms with E-state index in [0.717, 1.165) is 5.39 Å². The predicted molar refractivity (Wildman–Crippen MR) is 101 cm³/mol. The second kappa shape index (κ2) is 7.61. The van der Waals surface area contributed by atoms with Crippen molar-refractivity contribution in [1.82, 2.24) is 19.8 Å². The third-order valence-corrected chi connectivity index (χ3v) is 4.17. The SMILES string of the molecule is CCN(CC(=O)NC(C)C)C(=O)Cn1cnc2c(oc3ccccc32)c1=O. The molecule has 0 aliphatic rings. The molecule has 0 atom stereocenters. The van der Waals surface area contributed by atoms with Crippen molar-refractivity contribution >= 4 is 33.9 Å². The smallest absolute Gasteiger partial charge is 0.297 e. The van der Waals surface area contributed by atoms with Crippen molar-refractivity contribution in [2.24, 2.45) is 0 Å². The summed E-state index contributed by atoms with van der Waals surface area (Å²) in [5.74, 6) is -0.575. The van der Waals surface area contributed by atoms with Gasteiger partial charge in [0.25, 0.3) is 5.56 Å². The van der Waals surface area contributed by atoms with Crippen molar-refractivity contribution in [3.8, 4) is 0 Å². The maximum absolute atomic E-state index is 12.7. The number of nitrogens with zero attached hydrogens (tertiary/aromatic N) is 3. The van der Waals surface area contributed by atoms with Crippen molar-refractivity contribution in [3.63, 3.8) is 0 Å². The number of hydrogen-bond donors (Lipinski definition) is 1. The molecule has 3 rings (SSSR count). The van der Waals surface area contributed by atoms with Crippen LogP contribution in [0.2, 0.25) is 0 Å². The molecule has 0 aliphatic heterocycles. The molecule has 0 bridgehead atoms. The third-order valence-electron chi connectivity index (χ3n) is 4.17. The summed E-state index contributed by atoms with van der Waals surface area (Å²) in [6.45, 7) is 5.58. The molecule has 142 valence electrons. The Bertz CT molecular complexity index is 1050. The molecule has 2 amide bonds. The standard InChI is InChI=1S/C19H22N4O4/c1-4-22(9-15(24)21-12(2)3)16(25)10-23-11-20-17-13-7-5-6-8-14(13)27-18(17)19(23)26/h5-8,11-12H,4,9-10H2,1-3H3,(H,21,24). The molecule has 0 saturated carbocycles. The number of hydrogen-bond acceptors (Lipinski definition) is 5. The molecule has 27 heavy (non-hydrogen) atoms. The van der Waals surface area contributed by atoms with Crippen molar-refractivity contribution in [1.29, 1.82) is 0 Å². The summed E-state index contributed by atoms with van der Waals surface area (Å²) in [6, 6.07) is 7.24. The van der Waals surface area contributed by atoms with Crippen LogP contribution in [0.1, 0.15) is 20.8 Å². The first kappa shape index (κ1) is 18.6. The Morgan fingerprint density at radius 1 is 1.30 bits per heavy atom. The Morgan fingerprint density at radius 2 is 2.04 bits per heavy atom. The summed E-state index contributed by atoms with van der Waals surface area (Å²) >= 11 is 0. The topological polar surface area (TPSA) is 97.4 Å². The highest BCUT2D eigenvalue weighted by Gasteiger charge is 2.19. The van der Waals surface area contributed by atoms with Gasteiger partial charge in [-0.15, -0.1) is 0 Å². The molecule has 3 aromatic rings. The number of para-hydroxylation sites is 1. The summed E-state index contributed by atoms with van der Waals surface area (Å²) < 4.78 is 6.82. The minimum atomic E-state index is -0.424. The lowest BCUT2D eigenvalue weighted by Crippen LogP contribution is -2.44. The monoisotopic (exact) mass is 370 g/mol. The predicted octanol–water partition coefficient (Wildman–Crippen LogP) is 1.52. The first-order chi connectivity index (χ1) is 12.9. The van der Waals surface area contributed by atoms with E-state index in [1.165, 1.54) is 15.8 Å². The number of carbonyl (C=O) groups is 2. The molecule has 0 aliphatic carbocycles. The van der Waals surface area contributed by atoms with Crippen LogP contribution in [0.15, 0.2) is 39.8 Å². The van der Waals surface area contributed by atoms with Crippen LogP contribution in [-0.4, -0.2) is 45.4 Å². The van der Waals surface area contributed by atoms with Crippen LogP contribution in [0.5, 0.6) is 0 Å². The molecule has 0 saturated heterocycles. The normalized spacial score (nSPS) is 11.3. The molecule has 8 nitrogen and oxygen atoms in total. The number of rotatable bonds is 6. The van der Waals surface area contributed by atoms with Gasteiger partial charge in [0, 0.05) is 18.0 Å². The molecular weight excluding hydrogens is 348 g/mol. The minimum absolute atomic E-state index is 0.00591.